The van der Waals surface area contributed by atoms with Crippen molar-refractivity contribution in [3.8, 4) is 0 Å². The Kier molecular flexibility index (Phi) is 9.57. The third-order valence-electron chi connectivity index (χ3n) is 1.92. The lowest BCUT2D eigenvalue weighted by Crippen LogP contribution is -2.37. The third-order valence-corrected chi connectivity index (χ3v) is 2.96. The van der Waals surface area contributed by atoms with Gasteiger partial charge in [-0.25, -0.2) is 0 Å². The van der Waals surface area contributed by atoms with Crippen molar-refractivity contribution in [2.24, 2.45) is 5.84 Å². The average Bonchev–Trinajstić information content (AvgIpc) is 2.11. The zero-order valence-electron chi connectivity index (χ0n) is 8.31. The minimum atomic E-state index is 0.515. The lowest BCUT2D eigenvalue weighted by atomic mass is 10.1. The second-order valence-corrected chi connectivity index (χ2v) is 4.34. The zero-order chi connectivity index (χ0) is 9.23. The van der Waals surface area contributed by atoms with E-state index in [1.807, 2.05) is 11.8 Å². The van der Waals surface area contributed by atoms with Gasteiger partial charge < -0.3 is 0 Å². The molecule has 0 aromatic rings. The van der Waals surface area contributed by atoms with Gasteiger partial charge in [-0.1, -0.05) is 33.1 Å². The van der Waals surface area contributed by atoms with Crippen LogP contribution in [-0.2, 0) is 0 Å². The maximum Gasteiger partial charge on any atom is 0.0301 e. The smallest absolute Gasteiger partial charge is 0.0301 e. The van der Waals surface area contributed by atoms with Gasteiger partial charge in [0.15, 0.2) is 0 Å². The third kappa shape index (κ3) is 6.95. The van der Waals surface area contributed by atoms with E-state index >= 15 is 0 Å². The van der Waals surface area contributed by atoms with Gasteiger partial charge >= 0.3 is 0 Å². The first-order valence-corrected chi connectivity index (χ1v) is 6.04. The minimum Gasteiger partial charge on any atom is -0.271 e. The van der Waals surface area contributed by atoms with Gasteiger partial charge in [-0.05, 0) is 12.2 Å². The van der Waals surface area contributed by atoms with Crippen LogP contribution in [0.2, 0.25) is 0 Å². The molecule has 1 unspecified atom stereocenters. The zero-order valence-corrected chi connectivity index (χ0v) is 9.12. The molecule has 3 heteroatoms. The van der Waals surface area contributed by atoms with E-state index in [9.17, 15) is 0 Å². The van der Waals surface area contributed by atoms with E-state index in [-0.39, 0.29) is 0 Å². The van der Waals surface area contributed by atoms with Crippen LogP contribution in [0.1, 0.15) is 39.5 Å². The maximum absolute atomic E-state index is 5.43. The quantitative estimate of drug-likeness (QED) is 0.350. The number of unbranched alkanes of at least 4 members (excludes halogenated alkanes) is 2. The van der Waals surface area contributed by atoms with Crippen molar-refractivity contribution in [2.45, 2.75) is 45.6 Å². The molecule has 0 saturated carbocycles. The molecule has 12 heavy (non-hydrogen) atoms. The van der Waals surface area contributed by atoms with E-state index in [2.05, 4.69) is 19.3 Å². The SMILES string of the molecule is CCCCCC(CSCC)NN. The number of nitrogens with two attached hydrogens (primary N) is 1. The predicted molar refractivity (Wildman–Crippen MR) is 58.3 cm³/mol. The second kappa shape index (κ2) is 9.36. The average molecular weight is 190 g/mol. The van der Waals surface area contributed by atoms with E-state index in [1.54, 1.807) is 0 Å². The van der Waals surface area contributed by atoms with Crippen LogP contribution in [0.25, 0.3) is 0 Å². The first-order valence-electron chi connectivity index (χ1n) is 4.89. The Balaban J connectivity index is 3.26. The Morgan fingerprint density at radius 3 is 2.58 bits per heavy atom. The molecule has 0 aliphatic carbocycles. The molecule has 0 amide bonds. The van der Waals surface area contributed by atoms with Gasteiger partial charge in [-0.15, -0.1) is 0 Å². The Hall–Kier alpha value is 0.270. The molecule has 0 aliphatic heterocycles. The number of rotatable bonds is 8. The van der Waals surface area contributed by atoms with Crippen LogP contribution >= 0.6 is 11.8 Å². The highest BCUT2D eigenvalue weighted by Gasteiger charge is 2.04. The van der Waals surface area contributed by atoms with Gasteiger partial charge in [0.1, 0.15) is 0 Å². The van der Waals surface area contributed by atoms with E-state index < -0.39 is 0 Å². The van der Waals surface area contributed by atoms with Crippen LogP contribution in [0.3, 0.4) is 0 Å². The van der Waals surface area contributed by atoms with Crippen LogP contribution in [0.5, 0.6) is 0 Å². The summed E-state index contributed by atoms with van der Waals surface area (Å²) < 4.78 is 0. The van der Waals surface area contributed by atoms with Crippen molar-refractivity contribution in [1.29, 1.82) is 0 Å². The highest BCUT2D eigenvalue weighted by Crippen LogP contribution is 2.08. The van der Waals surface area contributed by atoms with Crippen molar-refractivity contribution >= 4 is 11.8 Å². The molecule has 0 spiro atoms. The molecule has 0 heterocycles. The van der Waals surface area contributed by atoms with Crippen molar-refractivity contribution in [3.63, 3.8) is 0 Å². The topological polar surface area (TPSA) is 38.0 Å². The van der Waals surface area contributed by atoms with Gasteiger partial charge in [-0.3, -0.25) is 11.3 Å². The van der Waals surface area contributed by atoms with Crippen LogP contribution in [-0.4, -0.2) is 17.5 Å². The first-order chi connectivity index (χ1) is 5.85. The van der Waals surface area contributed by atoms with Crippen LogP contribution in [0.15, 0.2) is 0 Å². The van der Waals surface area contributed by atoms with Gasteiger partial charge in [0, 0.05) is 11.8 Å². The molecule has 0 aromatic carbocycles. The number of thioether (sulfide) groups is 1. The number of hydrogen-bond donors (Lipinski definition) is 2. The largest absolute Gasteiger partial charge is 0.271 e. The number of nitrogens with one attached hydrogen (secondary N) is 1. The summed E-state index contributed by atoms with van der Waals surface area (Å²) >= 11 is 1.96. The van der Waals surface area contributed by atoms with Crippen molar-refractivity contribution < 1.29 is 0 Å². The molecule has 0 aromatic heterocycles. The molecule has 0 bridgehead atoms. The molecular weight excluding hydrogens is 168 g/mol. The van der Waals surface area contributed by atoms with E-state index in [0.717, 1.165) is 5.75 Å². The van der Waals surface area contributed by atoms with Gasteiger partial charge in [0.2, 0.25) is 0 Å². The summed E-state index contributed by atoms with van der Waals surface area (Å²) in [6, 6.07) is 0.515. The highest BCUT2D eigenvalue weighted by molar-refractivity contribution is 7.99. The molecule has 0 fully saturated rings. The van der Waals surface area contributed by atoms with Crippen LogP contribution < -0.4 is 11.3 Å². The maximum atomic E-state index is 5.43. The Morgan fingerprint density at radius 1 is 1.33 bits per heavy atom. The predicted octanol–water partition coefficient (Wildman–Crippen LogP) is 2.15. The molecule has 0 aliphatic rings. The molecule has 0 radical (unpaired) electrons. The molecule has 1 atom stereocenters. The highest BCUT2D eigenvalue weighted by atomic mass is 32.2. The molecule has 0 rings (SSSR count). The lowest BCUT2D eigenvalue weighted by molar-refractivity contribution is 0.507. The first kappa shape index (κ1) is 12.3. The van der Waals surface area contributed by atoms with E-state index in [0.29, 0.717) is 6.04 Å². The summed E-state index contributed by atoms with van der Waals surface area (Å²) in [4.78, 5) is 0. The Bertz CT molecular complexity index is 88.6. The summed E-state index contributed by atoms with van der Waals surface area (Å²) in [5, 5.41) is 0. The Labute approximate surface area is 80.6 Å². The molecule has 2 nitrogen and oxygen atoms in total. The second-order valence-electron chi connectivity index (χ2n) is 3.02. The fourth-order valence-electron chi connectivity index (χ4n) is 1.12. The van der Waals surface area contributed by atoms with Gasteiger partial charge in [-0.2, -0.15) is 11.8 Å². The van der Waals surface area contributed by atoms with Crippen molar-refractivity contribution in [3.05, 3.63) is 0 Å². The van der Waals surface area contributed by atoms with Gasteiger partial charge in [0.05, 0.1) is 0 Å². The van der Waals surface area contributed by atoms with Crippen molar-refractivity contribution in [2.75, 3.05) is 11.5 Å². The minimum absolute atomic E-state index is 0.515. The normalized spacial score (nSPS) is 13.2. The molecule has 3 N–H and O–H groups in total. The van der Waals surface area contributed by atoms with Crippen LogP contribution in [0.4, 0.5) is 0 Å². The van der Waals surface area contributed by atoms with Crippen molar-refractivity contribution in [1.82, 2.24) is 5.43 Å². The summed E-state index contributed by atoms with van der Waals surface area (Å²) in [5.41, 5.74) is 2.87. The monoisotopic (exact) mass is 190 g/mol. The fraction of sp³-hybridized carbons (Fsp3) is 1.00. The summed E-state index contributed by atoms with van der Waals surface area (Å²) in [6.45, 7) is 4.41. The lowest BCUT2D eigenvalue weighted by Gasteiger charge is -2.14. The van der Waals surface area contributed by atoms with E-state index in [4.69, 9.17) is 5.84 Å². The molecule has 74 valence electrons. The standard InChI is InChI=1S/C9H22N2S/c1-3-5-6-7-9(11-10)8-12-4-2/h9,11H,3-8,10H2,1-2H3. The van der Waals surface area contributed by atoms with E-state index in [1.165, 1.54) is 31.4 Å². The molecule has 0 saturated heterocycles. The fourth-order valence-corrected chi connectivity index (χ4v) is 1.90. The number of hydrazine groups is 1. The van der Waals surface area contributed by atoms with Crippen LogP contribution in [0, 0.1) is 0 Å². The summed E-state index contributed by atoms with van der Waals surface area (Å²) in [7, 11) is 0. The summed E-state index contributed by atoms with van der Waals surface area (Å²) in [6.07, 6.45) is 5.14. The van der Waals surface area contributed by atoms with Gasteiger partial charge in [0.25, 0.3) is 0 Å². The number of hydrogen-bond acceptors (Lipinski definition) is 3. The summed E-state index contributed by atoms with van der Waals surface area (Å²) in [5.74, 6) is 7.77. The Morgan fingerprint density at radius 2 is 2.08 bits per heavy atom. The molecular formula is C9H22N2S.